The number of fused-ring (bicyclic) bond motifs is 1. The average molecular weight is 348 g/mol. The van der Waals surface area contributed by atoms with Crippen LogP contribution >= 0.6 is 11.3 Å². The van der Waals surface area contributed by atoms with Gasteiger partial charge < -0.3 is 14.2 Å². The highest BCUT2D eigenvalue weighted by atomic mass is 32.1. The predicted octanol–water partition coefficient (Wildman–Crippen LogP) is 2.13. The number of rotatable bonds is 6. The molecule has 0 unspecified atom stereocenters. The van der Waals surface area contributed by atoms with Gasteiger partial charge in [0.25, 0.3) is 0 Å². The van der Waals surface area contributed by atoms with Gasteiger partial charge in [0, 0.05) is 33.7 Å². The van der Waals surface area contributed by atoms with Gasteiger partial charge in [-0.1, -0.05) is 0 Å². The zero-order chi connectivity index (χ0) is 17.1. The van der Waals surface area contributed by atoms with Gasteiger partial charge in [-0.25, -0.2) is 4.98 Å². The van der Waals surface area contributed by atoms with E-state index in [1.54, 1.807) is 25.4 Å². The number of imidazole rings is 1. The van der Waals surface area contributed by atoms with Crippen LogP contribution in [0.5, 0.6) is 0 Å². The third-order valence-corrected chi connectivity index (χ3v) is 5.17. The molecule has 130 valence electrons. The van der Waals surface area contributed by atoms with Crippen LogP contribution < -0.4 is 0 Å². The van der Waals surface area contributed by atoms with E-state index in [0.29, 0.717) is 6.61 Å². The van der Waals surface area contributed by atoms with E-state index in [1.165, 1.54) is 10.5 Å². The average Bonchev–Trinajstić information content (AvgIpc) is 3.20. The molecule has 2 aromatic rings. The first kappa shape index (κ1) is 17.1. The van der Waals surface area contributed by atoms with Gasteiger partial charge in [-0.15, -0.1) is 0 Å². The molecule has 7 heteroatoms. The number of nitrogens with zero attached hydrogens (tertiary/aromatic N) is 4. The number of carbonyl (C=O) groups excluding carboxylic acids is 1. The molecule has 0 N–H and O–H groups in total. The second-order valence-electron chi connectivity index (χ2n) is 6.32. The highest BCUT2D eigenvalue weighted by molar-refractivity contribution is 7.07. The molecule has 3 heterocycles. The molecule has 0 bridgehead atoms. The van der Waals surface area contributed by atoms with E-state index in [9.17, 15) is 4.79 Å². The Morgan fingerprint density at radius 1 is 1.46 bits per heavy atom. The monoisotopic (exact) mass is 348 g/mol. The largest absolute Gasteiger partial charge is 0.365 e. The summed E-state index contributed by atoms with van der Waals surface area (Å²) in [6.45, 7) is 5.58. The van der Waals surface area contributed by atoms with Crippen LogP contribution in [0, 0.1) is 0 Å². The van der Waals surface area contributed by atoms with Gasteiger partial charge in [0.05, 0.1) is 24.5 Å². The molecule has 24 heavy (non-hydrogen) atoms. The van der Waals surface area contributed by atoms with Gasteiger partial charge in [0.1, 0.15) is 12.4 Å². The third-order valence-electron chi connectivity index (χ3n) is 4.44. The molecule has 1 atom stereocenters. The number of ether oxygens (including phenoxy) is 1. The maximum atomic E-state index is 11.6. The summed E-state index contributed by atoms with van der Waals surface area (Å²) in [4.78, 5) is 20.2. The maximum Gasteiger partial charge on any atom is 0.248 e. The molecule has 2 aromatic heterocycles. The molecule has 0 saturated heterocycles. The van der Waals surface area contributed by atoms with Crippen LogP contribution in [0.15, 0.2) is 23.0 Å². The number of likely N-dealkylation sites (N-methyl/N-ethyl adjacent to an activating group) is 1. The Kier molecular flexibility index (Phi) is 5.33. The van der Waals surface area contributed by atoms with Crippen molar-refractivity contribution in [2.75, 3.05) is 27.2 Å². The molecule has 1 aliphatic heterocycles. The number of aromatic nitrogens is 2. The van der Waals surface area contributed by atoms with Gasteiger partial charge >= 0.3 is 0 Å². The van der Waals surface area contributed by atoms with E-state index < -0.39 is 0 Å². The summed E-state index contributed by atoms with van der Waals surface area (Å²) in [6.07, 6.45) is 1.88. The number of carbonyl (C=O) groups is 1. The van der Waals surface area contributed by atoms with E-state index in [1.807, 2.05) is 6.20 Å². The van der Waals surface area contributed by atoms with Crippen LogP contribution in [0.3, 0.4) is 0 Å². The van der Waals surface area contributed by atoms with Gasteiger partial charge in [-0.3, -0.25) is 9.69 Å². The van der Waals surface area contributed by atoms with Crippen molar-refractivity contribution < 1.29 is 9.53 Å². The van der Waals surface area contributed by atoms with Crippen LogP contribution in [0.25, 0.3) is 0 Å². The fourth-order valence-corrected chi connectivity index (χ4v) is 3.58. The third kappa shape index (κ3) is 3.68. The van der Waals surface area contributed by atoms with Crippen LogP contribution in [0.4, 0.5) is 0 Å². The number of thiophene rings is 1. The highest BCUT2D eigenvalue weighted by Crippen LogP contribution is 2.27. The quantitative estimate of drug-likeness (QED) is 0.802. The number of hydrogen-bond acceptors (Lipinski definition) is 5. The molecular formula is C17H24N4O2S. The lowest BCUT2D eigenvalue weighted by Crippen LogP contribution is -2.37. The summed E-state index contributed by atoms with van der Waals surface area (Å²) in [6, 6.07) is 2.45. The Balaban J connectivity index is 1.61. The van der Waals surface area contributed by atoms with Gasteiger partial charge in [0.15, 0.2) is 0 Å². The van der Waals surface area contributed by atoms with E-state index in [2.05, 4.69) is 38.2 Å². The van der Waals surface area contributed by atoms with Crippen molar-refractivity contribution in [1.82, 2.24) is 19.4 Å². The maximum absolute atomic E-state index is 11.6. The zero-order valence-corrected chi connectivity index (χ0v) is 15.3. The topological polar surface area (TPSA) is 50.6 Å². The van der Waals surface area contributed by atoms with Crippen molar-refractivity contribution in [2.24, 2.45) is 0 Å². The van der Waals surface area contributed by atoms with Gasteiger partial charge in [-0.05, 0) is 29.3 Å². The molecule has 0 aliphatic carbocycles. The van der Waals surface area contributed by atoms with Crippen molar-refractivity contribution in [3.63, 3.8) is 0 Å². The van der Waals surface area contributed by atoms with Crippen molar-refractivity contribution in [3.8, 4) is 0 Å². The summed E-state index contributed by atoms with van der Waals surface area (Å²) >= 11 is 1.74. The van der Waals surface area contributed by atoms with Gasteiger partial charge in [0.2, 0.25) is 5.91 Å². The summed E-state index contributed by atoms with van der Waals surface area (Å²) in [5.74, 6) is 1.05. The summed E-state index contributed by atoms with van der Waals surface area (Å²) in [5.41, 5.74) is 2.40. The SMILES string of the molecule is C[C@@H]1c2ncc(COCC(=O)N(C)C)n2CCN1Cc1ccsc1. The first-order valence-corrected chi connectivity index (χ1v) is 9.08. The number of amides is 1. The molecule has 6 nitrogen and oxygen atoms in total. The van der Waals surface area contributed by atoms with Crippen molar-refractivity contribution >= 4 is 17.2 Å². The van der Waals surface area contributed by atoms with Crippen LogP contribution in [-0.4, -0.2) is 52.5 Å². The molecule has 1 aliphatic rings. The molecule has 1 amide bonds. The minimum atomic E-state index is -0.0244. The fraction of sp³-hybridized carbons (Fsp3) is 0.529. The Morgan fingerprint density at radius 2 is 2.29 bits per heavy atom. The Bertz CT molecular complexity index is 681. The van der Waals surface area contributed by atoms with Crippen LogP contribution in [0.2, 0.25) is 0 Å². The summed E-state index contributed by atoms with van der Waals surface area (Å²) < 4.78 is 7.78. The van der Waals surface area contributed by atoms with E-state index in [0.717, 1.165) is 31.2 Å². The molecule has 3 rings (SSSR count). The lowest BCUT2D eigenvalue weighted by molar-refractivity contribution is -0.134. The highest BCUT2D eigenvalue weighted by Gasteiger charge is 2.27. The lowest BCUT2D eigenvalue weighted by Gasteiger charge is -2.34. The Labute approximate surface area is 146 Å². The first-order chi connectivity index (χ1) is 11.6. The zero-order valence-electron chi connectivity index (χ0n) is 14.4. The van der Waals surface area contributed by atoms with Crippen LogP contribution in [-0.2, 0) is 29.2 Å². The standard InChI is InChI=1S/C17H24N4O2S/c1-13-17-18-8-15(10-23-11-16(22)19(2)3)21(17)6-5-20(13)9-14-4-7-24-12-14/h4,7-8,12-13H,5-6,9-11H2,1-3H3/t13-/m1/s1. The number of hydrogen-bond donors (Lipinski definition) is 0. The van der Waals surface area contributed by atoms with Crippen molar-refractivity contribution in [3.05, 3.63) is 40.1 Å². The van der Waals surface area contributed by atoms with Gasteiger partial charge in [-0.2, -0.15) is 11.3 Å². The molecule has 0 spiro atoms. The van der Waals surface area contributed by atoms with Crippen LogP contribution in [0.1, 0.15) is 30.0 Å². The lowest BCUT2D eigenvalue weighted by atomic mass is 10.2. The Hall–Kier alpha value is -1.70. The normalized spacial score (nSPS) is 17.7. The summed E-state index contributed by atoms with van der Waals surface area (Å²) in [7, 11) is 3.46. The molecule has 0 fully saturated rings. The summed E-state index contributed by atoms with van der Waals surface area (Å²) in [5, 5.41) is 4.32. The minimum Gasteiger partial charge on any atom is -0.365 e. The Morgan fingerprint density at radius 3 is 3.00 bits per heavy atom. The molecule has 0 saturated carbocycles. The first-order valence-electron chi connectivity index (χ1n) is 8.13. The fourth-order valence-electron chi connectivity index (χ4n) is 2.92. The minimum absolute atomic E-state index is 0.0244. The van der Waals surface area contributed by atoms with E-state index in [4.69, 9.17) is 4.74 Å². The molecular weight excluding hydrogens is 324 g/mol. The molecule has 0 radical (unpaired) electrons. The van der Waals surface area contributed by atoms with Crippen molar-refractivity contribution in [2.45, 2.75) is 32.7 Å². The van der Waals surface area contributed by atoms with Crippen molar-refractivity contribution in [1.29, 1.82) is 0 Å². The second kappa shape index (κ2) is 7.46. The van der Waals surface area contributed by atoms with E-state index >= 15 is 0 Å². The second-order valence-corrected chi connectivity index (χ2v) is 7.10. The molecule has 0 aromatic carbocycles. The smallest absolute Gasteiger partial charge is 0.248 e. The predicted molar refractivity (Wildman–Crippen MR) is 93.7 cm³/mol. The van der Waals surface area contributed by atoms with E-state index in [-0.39, 0.29) is 18.6 Å².